The van der Waals surface area contributed by atoms with E-state index in [2.05, 4.69) is 5.32 Å². The SMILES string of the molecule is Cc1ccccc1SCC(=O)NCC(C)(C)O. The normalized spacial score (nSPS) is 11.3. The minimum Gasteiger partial charge on any atom is -0.389 e. The van der Waals surface area contributed by atoms with Gasteiger partial charge < -0.3 is 10.4 Å². The molecule has 2 N–H and O–H groups in total. The fourth-order valence-corrected chi connectivity index (χ4v) is 2.09. The minimum atomic E-state index is -0.858. The standard InChI is InChI=1S/C13H19NO2S/c1-10-6-4-5-7-11(10)17-8-12(15)14-9-13(2,3)16/h4-7,16H,8-9H2,1-3H3,(H,14,15). The van der Waals surface area contributed by atoms with Crippen molar-refractivity contribution in [3.8, 4) is 0 Å². The Kier molecular flexibility index (Phi) is 5.02. The molecule has 3 nitrogen and oxygen atoms in total. The molecule has 0 atom stereocenters. The van der Waals surface area contributed by atoms with Crippen molar-refractivity contribution < 1.29 is 9.90 Å². The van der Waals surface area contributed by atoms with Crippen molar-refractivity contribution in [2.75, 3.05) is 12.3 Å². The van der Waals surface area contributed by atoms with Gasteiger partial charge in [-0.1, -0.05) is 18.2 Å². The van der Waals surface area contributed by atoms with Gasteiger partial charge in [-0.15, -0.1) is 11.8 Å². The molecule has 0 heterocycles. The molecule has 17 heavy (non-hydrogen) atoms. The van der Waals surface area contributed by atoms with Crippen molar-refractivity contribution >= 4 is 17.7 Å². The van der Waals surface area contributed by atoms with E-state index in [-0.39, 0.29) is 12.5 Å². The van der Waals surface area contributed by atoms with Crippen LogP contribution in [0.4, 0.5) is 0 Å². The molecule has 94 valence electrons. The molecule has 1 aromatic rings. The first-order valence-corrected chi connectivity index (χ1v) is 6.54. The summed E-state index contributed by atoms with van der Waals surface area (Å²) in [6, 6.07) is 7.97. The van der Waals surface area contributed by atoms with E-state index in [0.717, 1.165) is 4.90 Å². The van der Waals surface area contributed by atoms with Crippen LogP contribution >= 0.6 is 11.8 Å². The average Bonchev–Trinajstić information content (AvgIpc) is 2.24. The van der Waals surface area contributed by atoms with Gasteiger partial charge in [-0.05, 0) is 32.4 Å². The third kappa shape index (κ3) is 5.75. The number of hydrogen-bond donors (Lipinski definition) is 2. The largest absolute Gasteiger partial charge is 0.389 e. The van der Waals surface area contributed by atoms with E-state index in [1.165, 1.54) is 17.3 Å². The first-order chi connectivity index (χ1) is 7.88. The van der Waals surface area contributed by atoms with Gasteiger partial charge in [-0.25, -0.2) is 0 Å². The van der Waals surface area contributed by atoms with Gasteiger partial charge in [0.2, 0.25) is 5.91 Å². The Bertz CT molecular complexity index is 385. The Labute approximate surface area is 107 Å². The molecule has 0 aromatic heterocycles. The smallest absolute Gasteiger partial charge is 0.230 e. The zero-order valence-corrected chi connectivity index (χ0v) is 11.3. The van der Waals surface area contributed by atoms with Crippen LogP contribution in [0.5, 0.6) is 0 Å². The second-order valence-corrected chi connectivity index (χ2v) is 5.66. The van der Waals surface area contributed by atoms with Gasteiger partial charge in [0.05, 0.1) is 11.4 Å². The van der Waals surface area contributed by atoms with Crippen molar-refractivity contribution in [2.45, 2.75) is 31.3 Å². The maximum atomic E-state index is 11.5. The van der Waals surface area contributed by atoms with Crippen molar-refractivity contribution in [1.82, 2.24) is 5.32 Å². The molecule has 0 unspecified atom stereocenters. The lowest BCUT2D eigenvalue weighted by atomic mass is 10.1. The number of carbonyl (C=O) groups excluding carboxylic acids is 1. The molecular formula is C13H19NO2S. The minimum absolute atomic E-state index is 0.0552. The number of aryl methyl sites for hydroxylation is 1. The molecule has 1 rings (SSSR count). The highest BCUT2D eigenvalue weighted by Crippen LogP contribution is 2.21. The van der Waals surface area contributed by atoms with E-state index in [0.29, 0.717) is 5.75 Å². The average molecular weight is 253 g/mol. The lowest BCUT2D eigenvalue weighted by Gasteiger charge is -2.17. The maximum absolute atomic E-state index is 11.5. The highest BCUT2D eigenvalue weighted by atomic mass is 32.2. The zero-order chi connectivity index (χ0) is 12.9. The van der Waals surface area contributed by atoms with Crippen molar-refractivity contribution in [2.24, 2.45) is 0 Å². The van der Waals surface area contributed by atoms with Crippen molar-refractivity contribution in [3.05, 3.63) is 29.8 Å². The van der Waals surface area contributed by atoms with Crippen LogP contribution in [0.1, 0.15) is 19.4 Å². The summed E-state index contributed by atoms with van der Waals surface area (Å²) >= 11 is 1.51. The van der Waals surface area contributed by atoms with E-state index in [9.17, 15) is 9.90 Å². The number of thioether (sulfide) groups is 1. The van der Waals surface area contributed by atoms with E-state index < -0.39 is 5.60 Å². The highest BCUT2D eigenvalue weighted by Gasteiger charge is 2.13. The molecule has 4 heteroatoms. The Hall–Kier alpha value is -1.00. The van der Waals surface area contributed by atoms with Crippen molar-refractivity contribution in [3.63, 3.8) is 0 Å². The van der Waals surface area contributed by atoms with Gasteiger partial charge in [-0.2, -0.15) is 0 Å². The summed E-state index contributed by atoms with van der Waals surface area (Å²) in [6.45, 7) is 5.64. The molecule has 0 aliphatic heterocycles. The molecule has 0 saturated carbocycles. The Balaban J connectivity index is 2.36. The predicted octanol–water partition coefficient (Wildman–Crippen LogP) is 1.97. The molecule has 0 saturated heterocycles. The Morgan fingerprint density at radius 2 is 2.06 bits per heavy atom. The number of amides is 1. The third-order valence-electron chi connectivity index (χ3n) is 2.17. The van der Waals surface area contributed by atoms with Crippen LogP contribution in [0.15, 0.2) is 29.2 Å². The van der Waals surface area contributed by atoms with E-state index in [4.69, 9.17) is 0 Å². The van der Waals surface area contributed by atoms with Crippen LogP contribution in [0.25, 0.3) is 0 Å². The van der Waals surface area contributed by atoms with Crippen LogP contribution in [0, 0.1) is 6.92 Å². The van der Waals surface area contributed by atoms with Gasteiger partial charge in [0.25, 0.3) is 0 Å². The summed E-state index contributed by atoms with van der Waals surface area (Å²) in [5, 5.41) is 12.2. The van der Waals surface area contributed by atoms with E-state index in [1.807, 2.05) is 31.2 Å². The Morgan fingerprint density at radius 1 is 1.41 bits per heavy atom. The van der Waals surface area contributed by atoms with Gasteiger partial charge in [-0.3, -0.25) is 4.79 Å². The first kappa shape index (κ1) is 14.1. The van der Waals surface area contributed by atoms with Crippen LogP contribution in [-0.2, 0) is 4.79 Å². The number of hydrogen-bond acceptors (Lipinski definition) is 3. The first-order valence-electron chi connectivity index (χ1n) is 5.56. The lowest BCUT2D eigenvalue weighted by Crippen LogP contribution is -2.38. The third-order valence-corrected chi connectivity index (χ3v) is 3.35. The second kappa shape index (κ2) is 6.07. The van der Waals surface area contributed by atoms with E-state index in [1.54, 1.807) is 13.8 Å². The zero-order valence-electron chi connectivity index (χ0n) is 10.5. The van der Waals surface area contributed by atoms with Gasteiger partial charge in [0, 0.05) is 11.4 Å². The molecular weight excluding hydrogens is 234 g/mol. The topological polar surface area (TPSA) is 49.3 Å². The molecule has 0 fully saturated rings. The summed E-state index contributed by atoms with van der Waals surface area (Å²) in [5.74, 6) is 0.321. The molecule has 1 amide bonds. The lowest BCUT2D eigenvalue weighted by molar-refractivity contribution is -0.119. The summed E-state index contributed by atoms with van der Waals surface area (Å²) in [7, 11) is 0. The van der Waals surface area contributed by atoms with E-state index >= 15 is 0 Å². The fraction of sp³-hybridized carbons (Fsp3) is 0.462. The molecule has 0 spiro atoms. The fourth-order valence-electron chi connectivity index (χ4n) is 1.23. The van der Waals surface area contributed by atoms with Crippen molar-refractivity contribution in [1.29, 1.82) is 0 Å². The monoisotopic (exact) mass is 253 g/mol. The molecule has 0 bridgehead atoms. The number of aliphatic hydroxyl groups is 1. The summed E-state index contributed by atoms with van der Waals surface area (Å²) in [6.07, 6.45) is 0. The number of rotatable bonds is 5. The number of carbonyl (C=O) groups is 1. The van der Waals surface area contributed by atoms with Crippen LogP contribution in [-0.4, -0.2) is 28.9 Å². The van der Waals surface area contributed by atoms with Crippen LogP contribution in [0.2, 0.25) is 0 Å². The predicted molar refractivity (Wildman–Crippen MR) is 71.2 cm³/mol. The highest BCUT2D eigenvalue weighted by molar-refractivity contribution is 8.00. The second-order valence-electron chi connectivity index (χ2n) is 4.64. The number of nitrogens with one attached hydrogen (secondary N) is 1. The maximum Gasteiger partial charge on any atom is 0.230 e. The quantitative estimate of drug-likeness (QED) is 0.789. The van der Waals surface area contributed by atoms with Gasteiger partial charge >= 0.3 is 0 Å². The summed E-state index contributed by atoms with van der Waals surface area (Å²) in [5.41, 5.74) is 0.316. The molecule has 0 radical (unpaired) electrons. The summed E-state index contributed by atoms with van der Waals surface area (Å²) < 4.78 is 0. The van der Waals surface area contributed by atoms with Crippen LogP contribution in [0.3, 0.4) is 0 Å². The van der Waals surface area contributed by atoms with Gasteiger partial charge in [0.15, 0.2) is 0 Å². The van der Waals surface area contributed by atoms with Gasteiger partial charge in [0.1, 0.15) is 0 Å². The molecule has 1 aromatic carbocycles. The van der Waals surface area contributed by atoms with Crippen LogP contribution < -0.4 is 5.32 Å². The molecule has 0 aliphatic carbocycles. The Morgan fingerprint density at radius 3 is 2.65 bits per heavy atom. The number of benzene rings is 1. The summed E-state index contributed by atoms with van der Waals surface area (Å²) in [4.78, 5) is 12.6. The molecule has 0 aliphatic rings.